The monoisotopic (exact) mass is 161 g/mol. The molecule has 2 heterocycles. The zero-order valence-corrected chi connectivity index (χ0v) is 6.74. The van der Waals surface area contributed by atoms with Crippen LogP contribution in [-0.2, 0) is 0 Å². The summed E-state index contributed by atoms with van der Waals surface area (Å²) in [7, 11) is 0. The number of rotatable bonds is 1. The summed E-state index contributed by atoms with van der Waals surface area (Å²) < 4.78 is 1.84. The second-order valence-corrected chi connectivity index (χ2v) is 2.77. The van der Waals surface area contributed by atoms with Crippen molar-refractivity contribution in [2.24, 2.45) is 0 Å². The molecule has 0 fully saturated rings. The van der Waals surface area contributed by atoms with Crippen LogP contribution in [0.15, 0.2) is 30.5 Å². The lowest BCUT2D eigenvalue weighted by atomic mass is 10.3. The van der Waals surface area contributed by atoms with Crippen LogP contribution in [0.1, 0.15) is 5.56 Å². The maximum absolute atomic E-state index is 10.6. The normalized spacial score (nSPS) is 10.4. The van der Waals surface area contributed by atoms with Gasteiger partial charge in [-0.3, -0.25) is 0 Å². The van der Waals surface area contributed by atoms with E-state index in [0.29, 0.717) is 5.82 Å². The lowest BCUT2D eigenvalue weighted by Crippen LogP contribution is -2.57. The molecule has 0 aliphatic carbocycles. The van der Waals surface area contributed by atoms with Crippen molar-refractivity contribution in [2.45, 2.75) is 6.92 Å². The number of fused-ring (bicyclic) bond motifs is 1. The fraction of sp³-hybridized carbons (Fsp3) is 0.111. The van der Waals surface area contributed by atoms with Gasteiger partial charge in [0, 0.05) is 5.56 Å². The highest BCUT2D eigenvalue weighted by atomic mass is 16.3. The predicted molar refractivity (Wildman–Crippen MR) is 46.1 cm³/mol. The Labute approximate surface area is 69.6 Å². The minimum absolute atomic E-state index is 0.616. The van der Waals surface area contributed by atoms with E-state index in [4.69, 9.17) is 0 Å². The highest BCUT2D eigenvalue weighted by Gasteiger charge is 2.12. The first-order chi connectivity index (χ1) is 5.83. The summed E-state index contributed by atoms with van der Waals surface area (Å²) in [6.07, 6.45) is 1.86. The summed E-state index contributed by atoms with van der Waals surface area (Å²) in [4.78, 5) is 10.6. The number of hydrogen-bond acceptors (Lipinski definition) is 1. The third-order valence-electron chi connectivity index (χ3n) is 1.97. The number of nitroso groups, excluding NO2 is 1. The largest absolute Gasteiger partial charge is 0.325 e. The highest BCUT2D eigenvalue weighted by molar-refractivity contribution is 5.57. The first-order valence-corrected chi connectivity index (χ1v) is 3.78. The molecular formula is C9H9N2O+. The number of aryl methyl sites for hydroxylation is 1. The smallest absolute Gasteiger partial charge is 0.197 e. The van der Waals surface area contributed by atoms with Crippen molar-refractivity contribution in [3.63, 3.8) is 0 Å². The van der Waals surface area contributed by atoms with Gasteiger partial charge in [-0.15, -0.1) is 0 Å². The molecular weight excluding hydrogens is 152 g/mol. The standard InChI is InChI=1S/C9H8N2O/c1-7-6-8-4-2-3-5-11(8)9(7)10-12/h2-6H,1H3/p+1. The van der Waals surface area contributed by atoms with E-state index in [9.17, 15) is 4.91 Å². The number of aromatic nitrogens is 1. The lowest BCUT2D eigenvalue weighted by molar-refractivity contribution is -0.385. The molecule has 0 bridgehead atoms. The van der Waals surface area contributed by atoms with Crippen molar-refractivity contribution in [1.29, 1.82) is 0 Å². The molecule has 60 valence electrons. The number of nitrogens with zero attached hydrogens (tertiary/aromatic N) is 1. The summed E-state index contributed by atoms with van der Waals surface area (Å²) in [5.41, 5.74) is 2.00. The van der Waals surface area contributed by atoms with Gasteiger partial charge in [0.25, 0.3) is 0 Å². The van der Waals surface area contributed by atoms with Gasteiger partial charge in [0.2, 0.25) is 0 Å². The van der Waals surface area contributed by atoms with E-state index in [2.05, 4.69) is 0 Å². The fourth-order valence-corrected chi connectivity index (χ4v) is 1.39. The second kappa shape index (κ2) is 2.44. The van der Waals surface area contributed by atoms with Crippen LogP contribution in [0.3, 0.4) is 0 Å². The van der Waals surface area contributed by atoms with Crippen LogP contribution in [0.2, 0.25) is 0 Å². The van der Waals surface area contributed by atoms with Crippen molar-refractivity contribution in [1.82, 2.24) is 4.40 Å². The molecule has 0 atom stereocenters. The molecule has 3 nitrogen and oxygen atoms in total. The summed E-state index contributed by atoms with van der Waals surface area (Å²) in [6, 6.07) is 7.78. The minimum Gasteiger partial charge on any atom is -0.197 e. The van der Waals surface area contributed by atoms with E-state index >= 15 is 0 Å². The zero-order chi connectivity index (χ0) is 8.55. The van der Waals surface area contributed by atoms with Gasteiger partial charge < -0.3 is 0 Å². The van der Waals surface area contributed by atoms with E-state index in [1.807, 2.05) is 47.0 Å². The van der Waals surface area contributed by atoms with Crippen LogP contribution in [0.25, 0.3) is 5.52 Å². The molecule has 12 heavy (non-hydrogen) atoms. The van der Waals surface area contributed by atoms with Gasteiger partial charge in [0.15, 0.2) is 0 Å². The molecule has 0 aliphatic heterocycles. The lowest BCUT2D eigenvalue weighted by Gasteiger charge is -1.85. The molecule has 2 rings (SSSR count). The van der Waals surface area contributed by atoms with Gasteiger partial charge in [0.05, 0.1) is 6.20 Å². The highest BCUT2D eigenvalue weighted by Crippen LogP contribution is 2.15. The molecule has 2 aromatic heterocycles. The molecule has 0 unspecified atom stereocenters. The third kappa shape index (κ3) is 0.830. The van der Waals surface area contributed by atoms with Crippen LogP contribution >= 0.6 is 0 Å². The van der Waals surface area contributed by atoms with Gasteiger partial charge in [0.1, 0.15) is 5.52 Å². The average Bonchev–Trinajstić information content (AvgIpc) is 2.40. The Kier molecular flexibility index (Phi) is 1.43. The molecule has 0 amide bonds. The van der Waals surface area contributed by atoms with Crippen molar-refractivity contribution in [2.75, 3.05) is 0 Å². The Hall–Kier alpha value is -1.64. The Morgan fingerprint density at radius 3 is 3.00 bits per heavy atom. The van der Waals surface area contributed by atoms with Crippen LogP contribution in [0.4, 0.5) is 5.82 Å². The van der Waals surface area contributed by atoms with Crippen LogP contribution in [0, 0.1) is 11.8 Å². The molecule has 0 saturated carbocycles. The van der Waals surface area contributed by atoms with Gasteiger partial charge in [-0.2, -0.15) is 4.40 Å². The first kappa shape index (κ1) is 7.03. The predicted octanol–water partition coefficient (Wildman–Crippen LogP) is 0.726. The van der Waals surface area contributed by atoms with E-state index in [-0.39, 0.29) is 0 Å². The van der Waals surface area contributed by atoms with Crippen molar-refractivity contribution in [3.8, 4) is 0 Å². The van der Waals surface area contributed by atoms with Crippen LogP contribution < -0.4 is 5.18 Å². The minimum atomic E-state index is 0.616. The topological polar surface area (TPSA) is 35.5 Å². The molecule has 0 saturated heterocycles. The van der Waals surface area contributed by atoms with Crippen molar-refractivity contribution < 1.29 is 5.18 Å². The van der Waals surface area contributed by atoms with Crippen LogP contribution in [0.5, 0.6) is 0 Å². The zero-order valence-electron chi connectivity index (χ0n) is 6.74. The van der Waals surface area contributed by atoms with Crippen molar-refractivity contribution >= 4 is 11.3 Å². The van der Waals surface area contributed by atoms with Gasteiger partial charge in [-0.25, -0.2) is 0 Å². The molecule has 0 radical (unpaired) electrons. The molecule has 1 N–H and O–H groups in total. The Bertz CT molecular complexity index is 431. The second-order valence-electron chi connectivity index (χ2n) is 2.77. The van der Waals surface area contributed by atoms with E-state index < -0.39 is 0 Å². The van der Waals surface area contributed by atoms with Gasteiger partial charge in [-0.1, -0.05) is 11.0 Å². The van der Waals surface area contributed by atoms with Crippen molar-refractivity contribution in [3.05, 3.63) is 40.9 Å². The summed E-state index contributed by atoms with van der Waals surface area (Å²) in [5.74, 6) is 0.616. The van der Waals surface area contributed by atoms with Gasteiger partial charge in [-0.05, 0) is 30.3 Å². The van der Waals surface area contributed by atoms with E-state index in [1.54, 1.807) is 0 Å². The number of nitrogens with one attached hydrogen (secondary N) is 1. The summed E-state index contributed by atoms with van der Waals surface area (Å²) >= 11 is 0. The molecule has 3 heteroatoms. The van der Waals surface area contributed by atoms with E-state index in [1.165, 1.54) is 0 Å². The maximum Gasteiger partial charge on any atom is 0.325 e. The third-order valence-corrected chi connectivity index (χ3v) is 1.97. The van der Waals surface area contributed by atoms with E-state index in [0.717, 1.165) is 11.1 Å². The Morgan fingerprint density at radius 1 is 1.42 bits per heavy atom. The van der Waals surface area contributed by atoms with Gasteiger partial charge >= 0.3 is 5.82 Å². The van der Waals surface area contributed by atoms with Crippen LogP contribution in [-0.4, -0.2) is 4.40 Å². The first-order valence-electron chi connectivity index (χ1n) is 3.78. The molecule has 2 aromatic rings. The summed E-state index contributed by atoms with van der Waals surface area (Å²) in [6.45, 7) is 1.91. The maximum atomic E-state index is 10.6. The quantitative estimate of drug-likeness (QED) is 0.657. The summed E-state index contributed by atoms with van der Waals surface area (Å²) in [5, 5.41) is 1.93. The fourth-order valence-electron chi connectivity index (χ4n) is 1.39. The molecule has 0 aromatic carbocycles. The molecule has 0 spiro atoms. The number of pyridine rings is 1. The average molecular weight is 161 g/mol. The Balaban J connectivity index is 2.90. The molecule has 0 aliphatic rings. The Morgan fingerprint density at radius 2 is 2.25 bits per heavy atom. The SMILES string of the molecule is Cc1cc2ccccn2c1[NH+]=O. The number of hydrogen-bond donors (Lipinski definition) is 1.